The Balaban J connectivity index is 1.70. The fourth-order valence-corrected chi connectivity index (χ4v) is 7.53. The zero-order valence-electron chi connectivity index (χ0n) is 21.5. The third-order valence-corrected chi connectivity index (χ3v) is 9.72. The number of nitrogens with zero attached hydrogens (tertiary/aromatic N) is 4. The average Bonchev–Trinajstić information content (AvgIpc) is 3.63. The second-order valence-corrected chi connectivity index (χ2v) is 12.3. The van der Waals surface area contributed by atoms with Gasteiger partial charge < -0.3 is 15.2 Å². The lowest BCUT2D eigenvalue weighted by Gasteiger charge is -2.38. The van der Waals surface area contributed by atoms with E-state index in [1.807, 2.05) is 12.2 Å². The van der Waals surface area contributed by atoms with Crippen LogP contribution < -0.4 is 10.4 Å². The minimum atomic E-state index is -1.08. The fourth-order valence-electron chi connectivity index (χ4n) is 4.48. The number of carbonyl (C=O) groups excluding carboxylic acids is 1. The van der Waals surface area contributed by atoms with Crippen molar-refractivity contribution in [2.24, 2.45) is 11.7 Å². The molecule has 0 bridgehead atoms. The lowest BCUT2D eigenvalue weighted by molar-refractivity contribution is 0.0744. The van der Waals surface area contributed by atoms with Gasteiger partial charge in [0.25, 0.3) is 5.90 Å². The number of fused-ring (bicyclic) bond motifs is 1. The number of allylic oxidation sites excluding steroid dienone is 5. The summed E-state index contributed by atoms with van der Waals surface area (Å²) in [7, 11) is -0.787. The number of anilines is 2. The fraction of sp³-hybridized carbons (Fsp3) is 0.500. The molecule has 37 heavy (non-hydrogen) atoms. The van der Waals surface area contributed by atoms with Gasteiger partial charge in [-0.3, -0.25) is 14.8 Å². The molecule has 0 saturated carbocycles. The molecule has 198 valence electrons. The van der Waals surface area contributed by atoms with Gasteiger partial charge in [0.2, 0.25) is 5.82 Å². The van der Waals surface area contributed by atoms with Gasteiger partial charge >= 0.3 is 6.09 Å². The molecule has 0 spiro atoms. The third kappa shape index (κ3) is 6.67. The Morgan fingerprint density at radius 2 is 2.08 bits per heavy atom. The molecule has 4 rings (SSSR count). The van der Waals surface area contributed by atoms with E-state index in [4.69, 9.17) is 32.2 Å². The predicted octanol–water partition coefficient (Wildman–Crippen LogP) is 5.83. The first-order valence-corrected chi connectivity index (χ1v) is 14.4. The van der Waals surface area contributed by atoms with Crippen LogP contribution in [0.2, 0.25) is 0 Å². The molecule has 3 N–H and O–H groups in total. The van der Waals surface area contributed by atoms with Gasteiger partial charge in [0.15, 0.2) is 5.82 Å². The summed E-state index contributed by atoms with van der Waals surface area (Å²) < 4.78 is 15.2. The molecule has 0 radical (unpaired) electrons. The number of nitrogens with two attached hydrogens (primary N) is 1. The number of rotatable bonds is 10. The number of morpholine rings is 1. The van der Waals surface area contributed by atoms with Crippen LogP contribution in [0.3, 0.4) is 0 Å². The number of carbonyl (C=O) groups is 1. The highest BCUT2D eigenvalue weighted by Gasteiger charge is 2.47. The SMILES string of the molecule is CC[C@@H](C)CCCC(C)P(N1CCOCC1)N1c2nc(C(=N)OC(N)=O)nc(C3=CC(Cl)=C=CC=C3)c21. The summed E-state index contributed by atoms with van der Waals surface area (Å²) >= 11 is 6.33. The molecule has 2 unspecified atom stereocenters. The van der Waals surface area contributed by atoms with Gasteiger partial charge in [-0.05, 0) is 24.5 Å². The Hall–Kier alpha value is -2.54. The molecule has 2 aliphatic heterocycles. The number of halogens is 1. The largest absolute Gasteiger partial charge is 0.411 e. The van der Waals surface area contributed by atoms with Gasteiger partial charge in [0.1, 0.15) is 11.4 Å². The van der Waals surface area contributed by atoms with Crippen LogP contribution in [0.5, 0.6) is 0 Å². The summed E-state index contributed by atoms with van der Waals surface area (Å²) in [6.07, 6.45) is 10.9. The van der Waals surface area contributed by atoms with Gasteiger partial charge in [-0.2, -0.15) is 0 Å². The van der Waals surface area contributed by atoms with Crippen molar-refractivity contribution in [1.29, 1.82) is 5.41 Å². The van der Waals surface area contributed by atoms with Gasteiger partial charge in [-0.1, -0.05) is 63.8 Å². The van der Waals surface area contributed by atoms with E-state index in [2.05, 4.69) is 45.8 Å². The second kappa shape index (κ2) is 12.3. The molecule has 3 heterocycles. The van der Waals surface area contributed by atoms with Crippen LogP contribution in [0.4, 0.5) is 16.3 Å². The Bertz CT molecular complexity index is 1170. The molecule has 1 aromatic rings. The summed E-state index contributed by atoms with van der Waals surface area (Å²) in [5.41, 5.74) is 10.9. The van der Waals surface area contributed by atoms with Gasteiger partial charge in [-0.15, -0.1) is 5.73 Å². The smallest absolute Gasteiger partial charge is 0.388 e. The first-order chi connectivity index (χ1) is 17.8. The molecule has 1 saturated heterocycles. The monoisotopic (exact) mass is 544 g/mol. The van der Waals surface area contributed by atoms with Crippen molar-refractivity contribution in [3.63, 3.8) is 0 Å². The standard InChI is InChI=1S/C26H34ClN6O3P/c1-4-17(2)8-7-9-18(3)37(32-12-14-35-15-13-32)33-22-21(19-10-5-6-11-20(27)16-19)30-24(31-25(22)33)23(28)36-26(29)34/h5-6,10,16-18,28H,4,7-9,12-15H2,1-3H3,(H2,29,34)/t17-,18?,33?,37?/m1/s1. The summed E-state index contributed by atoms with van der Waals surface area (Å²) in [5, 5.41) is 8.64. The number of ether oxygens (including phenoxy) is 2. The second-order valence-electron chi connectivity index (χ2n) is 9.43. The van der Waals surface area contributed by atoms with Gasteiger partial charge in [0.05, 0.1) is 26.5 Å². The van der Waals surface area contributed by atoms with Crippen molar-refractivity contribution in [3.05, 3.63) is 46.6 Å². The first kappa shape index (κ1) is 27.5. The summed E-state index contributed by atoms with van der Waals surface area (Å²) in [5.74, 6) is 0.981. The highest BCUT2D eigenvalue weighted by molar-refractivity contribution is 7.59. The van der Waals surface area contributed by atoms with Crippen molar-refractivity contribution in [2.45, 2.75) is 52.1 Å². The highest BCUT2D eigenvalue weighted by Crippen LogP contribution is 2.68. The third-order valence-electron chi connectivity index (χ3n) is 6.67. The van der Waals surface area contributed by atoms with E-state index < -0.39 is 20.2 Å². The molecule has 1 aromatic heterocycles. The maximum Gasteiger partial charge on any atom is 0.411 e. The minimum Gasteiger partial charge on any atom is -0.388 e. The van der Waals surface area contributed by atoms with Gasteiger partial charge in [0, 0.05) is 24.3 Å². The Labute approximate surface area is 224 Å². The molecule has 0 aromatic carbocycles. The lowest BCUT2D eigenvalue weighted by Crippen LogP contribution is -2.36. The quantitative estimate of drug-likeness (QED) is 0.125. The summed E-state index contributed by atoms with van der Waals surface area (Å²) in [6, 6.07) is 0. The molecule has 1 fully saturated rings. The number of hydrogen-bond acceptors (Lipinski definition) is 8. The summed E-state index contributed by atoms with van der Waals surface area (Å²) in [6.45, 7) is 9.97. The predicted molar refractivity (Wildman–Crippen MR) is 148 cm³/mol. The van der Waals surface area contributed by atoms with E-state index in [1.54, 1.807) is 12.2 Å². The van der Waals surface area contributed by atoms with E-state index in [0.29, 0.717) is 29.6 Å². The number of aromatic nitrogens is 2. The number of amides is 1. The van der Waals surface area contributed by atoms with Crippen molar-refractivity contribution >= 4 is 48.9 Å². The van der Waals surface area contributed by atoms with E-state index in [-0.39, 0.29) is 5.82 Å². The maximum atomic E-state index is 11.3. The molecule has 9 nitrogen and oxygen atoms in total. The van der Waals surface area contributed by atoms with E-state index >= 15 is 0 Å². The summed E-state index contributed by atoms with van der Waals surface area (Å²) in [4.78, 5) is 20.6. The van der Waals surface area contributed by atoms with Crippen LogP contribution in [0.1, 0.15) is 58.0 Å². The van der Waals surface area contributed by atoms with E-state index in [9.17, 15) is 4.79 Å². The number of hydrogen-bond donors (Lipinski definition) is 2. The number of nitrogens with one attached hydrogen (secondary N) is 1. The van der Waals surface area contributed by atoms with Crippen LogP contribution in [-0.4, -0.2) is 58.6 Å². The minimum absolute atomic E-state index is 0.00279. The highest BCUT2D eigenvalue weighted by atomic mass is 35.5. The van der Waals surface area contributed by atoms with Crippen molar-refractivity contribution < 1.29 is 14.3 Å². The molecule has 1 aliphatic carbocycles. The molecular formula is C26H34ClN6O3P. The first-order valence-electron chi connectivity index (χ1n) is 12.7. The molecule has 3 atom stereocenters. The lowest BCUT2D eigenvalue weighted by atomic mass is 10.0. The molecular weight excluding hydrogens is 511 g/mol. The average molecular weight is 545 g/mol. The molecule has 1 amide bonds. The molecule has 11 heteroatoms. The Kier molecular flexibility index (Phi) is 9.17. The zero-order valence-corrected chi connectivity index (χ0v) is 23.2. The van der Waals surface area contributed by atoms with Crippen LogP contribution >= 0.6 is 19.8 Å². The van der Waals surface area contributed by atoms with Crippen LogP contribution in [0.25, 0.3) is 5.57 Å². The zero-order chi connectivity index (χ0) is 26.5. The van der Waals surface area contributed by atoms with Crippen LogP contribution in [-0.2, 0) is 9.47 Å². The van der Waals surface area contributed by atoms with Crippen molar-refractivity contribution in [2.75, 3.05) is 31.0 Å². The van der Waals surface area contributed by atoms with Crippen LogP contribution in [0.15, 0.2) is 35.1 Å². The van der Waals surface area contributed by atoms with Gasteiger partial charge in [-0.25, -0.2) is 14.8 Å². The van der Waals surface area contributed by atoms with E-state index in [1.165, 1.54) is 19.3 Å². The van der Waals surface area contributed by atoms with Crippen LogP contribution in [0, 0.1) is 11.3 Å². The Morgan fingerprint density at radius 3 is 2.78 bits per heavy atom. The van der Waals surface area contributed by atoms with Crippen molar-refractivity contribution in [1.82, 2.24) is 14.6 Å². The van der Waals surface area contributed by atoms with Crippen molar-refractivity contribution in [3.8, 4) is 0 Å². The topological polar surface area (TPSA) is 117 Å². The number of primary amides is 1. The Morgan fingerprint density at radius 1 is 1.32 bits per heavy atom. The normalized spacial score (nSPS) is 19.3. The maximum absolute atomic E-state index is 11.3. The molecule has 3 aliphatic rings. The van der Waals surface area contributed by atoms with E-state index in [0.717, 1.165) is 42.5 Å².